The van der Waals surface area contributed by atoms with Crippen LogP contribution >= 0.6 is 0 Å². The minimum atomic E-state index is -0.315. The maximum atomic E-state index is 13.5. The number of aromatic nitrogens is 1. The molecule has 2 heterocycles. The number of halogens is 1. The Labute approximate surface area is 88.6 Å². The summed E-state index contributed by atoms with van der Waals surface area (Å²) in [5.41, 5.74) is 0. The van der Waals surface area contributed by atoms with Crippen LogP contribution in [0.3, 0.4) is 0 Å². The van der Waals surface area contributed by atoms with Crippen LogP contribution in [0, 0.1) is 11.7 Å². The lowest BCUT2D eigenvalue weighted by Crippen LogP contribution is -2.36. The number of hydrogen-bond donors (Lipinski definition) is 1. The van der Waals surface area contributed by atoms with Crippen LogP contribution in [-0.2, 0) is 0 Å². The number of rotatable bonds is 2. The molecule has 0 spiro atoms. The van der Waals surface area contributed by atoms with Gasteiger partial charge < -0.3 is 10.0 Å². The molecule has 1 aliphatic heterocycles. The van der Waals surface area contributed by atoms with Gasteiger partial charge in [0.1, 0.15) is 0 Å². The van der Waals surface area contributed by atoms with Crippen molar-refractivity contribution in [2.24, 2.45) is 5.92 Å². The van der Waals surface area contributed by atoms with E-state index in [1.54, 1.807) is 12.3 Å². The Morgan fingerprint density at radius 1 is 1.67 bits per heavy atom. The van der Waals surface area contributed by atoms with E-state index in [1.165, 1.54) is 6.07 Å². The summed E-state index contributed by atoms with van der Waals surface area (Å²) in [5, 5.41) is 9.27. The standard InChI is InChI=1S/C11H15FN2O/c1-8-4-6-14(10(8)7-15)11-9(12)3-2-5-13-11/h2-3,5,8,10,15H,4,6-7H2,1H3/t8-,10-/m0/s1. The van der Waals surface area contributed by atoms with Gasteiger partial charge in [0.2, 0.25) is 0 Å². The molecule has 1 aromatic heterocycles. The molecule has 1 aromatic rings. The van der Waals surface area contributed by atoms with Gasteiger partial charge in [-0.2, -0.15) is 0 Å². The maximum absolute atomic E-state index is 13.5. The first kappa shape index (κ1) is 10.4. The predicted octanol–water partition coefficient (Wildman–Crippen LogP) is 1.43. The van der Waals surface area contributed by atoms with Crippen LogP contribution in [0.15, 0.2) is 18.3 Å². The molecule has 1 saturated heterocycles. The van der Waals surface area contributed by atoms with E-state index in [0.717, 1.165) is 13.0 Å². The highest BCUT2D eigenvalue weighted by molar-refractivity contribution is 5.42. The zero-order chi connectivity index (χ0) is 10.8. The lowest BCUT2D eigenvalue weighted by Gasteiger charge is -2.26. The summed E-state index contributed by atoms with van der Waals surface area (Å²) in [6, 6.07) is 2.97. The molecule has 0 radical (unpaired) electrons. The minimum Gasteiger partial charge on any atom is -0.394 e. The first-order valence-corrected chi connectivity index (χ1v) is 5.22. The van der Waals surface area contributed by atoms with Crippen molar-refractivity contribution >= 4 is 5.82 Å². The van der Waals surface area contributed by atoms with E-state index in [4.69, 9.17) is 0 Å². The third kappa shape index (κ3) is 1.81. The molecule has 2 rings (SSSR count). The van der Waals surface area contributed by atoms with Gasteiger partial charge in [-0.1, -0.05) is 6.92 Å². The molecule has 2 atom stereocenters. The summed E-state index contributed by atoms with van der Waals surface area (Å²) in [5.74, 6) is 0.433. The van der Waals surface area contributed by atoms with Crippen molar-refractivity contribution < 1.29 is 9.50 Å². The Kier molecular flexibility index (Phi) is 2.86. The second-order valence-electron chi connectivity index (χ2n) is 4.02. The fraction of sp³-hybridized carbons (Fsp3) is 0.545. The van der Waals surface area contributed by atoms with Crippen molar-refractivity contribution in [1.82, 2.24) is 4.98 Å². The third-order valence-corrected chi connectivity index (χ3v) is 3.08. The van der Waals surface area contributed by atoms with Crippen LogP contribution in [0.25, 0.3) is 0 Å². The van der Waals surface area contributed by atoms with E-state index >= 15 is 0 Å². The fourth-order valence-corrected chi connectivity index (χ4v) is 2.14. The van der Waals surface area contributed by atoms with Gasteiger partial charge in [0.15, 0.2) is 11.6 Å². The first-order valence-electron chi connectivity index (χ1n) is 5.22. The highest BCUT2D eigenvalue weighted by Crippen LogP contribution is 2.29. The molecule has 0 unspecified atom stereocenters. The molecule has 0 amide bonds. The van der Waals surface area contributed by atoms with Gasteiger partial charge in [-0.25, -0.2) is 9.37 Å². The molecular formula is C11H15FN2O. The quantitative estimate of drug-likeness (QED) is 0.802. The van der Waals surface area contributed by atoms with Crippen LogP contribution in [0.5, 0.6) is 0 Å². The predicted molar refractivity (Wildman–Crippen MR) is 56.2 cm³/mol. The Balaban J connectivity index is 2.28. The van der Waals surface area contributed by atoms with Gasteiger partial charge in [-0.3, -0.25) is 0 Å². The fourth-order valence-electron chi connectivity index (χ4n) is 2.14. The van der Waals surface area contributed by atoms with Crippen molar-refractivity contribution in [3.8, 4) is 0 Å². The molecule has 15 heavy (non-hydrogen) atoms. The van der Waals surface area contributed by atoms with Crippen LogP contribution in [0.4, 0.5) is 10.2 Å². The van der Waals surface area contributed by atoms with Gasteiger partial charge in [0.05, 0.1) is 12.6 Å². The Morgan fingerprint density at radius 3 is 3.13 bits per heavy atom. The molecule has 0 saturated carbocycles. The van der Waals surface area contributed by atoms with Gasteiger partial charge in [0, 0.05) is 12.7 Å². The maximum Gasteiger partial charge on any atom is 0.165 e. The first-order chi connectivity index (χ1) is 7.24. The second-order valence-corrected chi connectivity index (χ2v) is 4.02. The van der Waals surface area contributed by atoms with Crippen molar-refractivity contribution in [3.05, 3.63) is 24.1 Å². The van der Waals surface area contributed by atoms with Crippen molar-refractivity contribution in [2.45, 2.75) is 19.4 Å². The van der Waals surface area contributed by atoms with Crippen molar-refractivity contribution in [2.75, 3.05) is 18.1 Å². The van der Waals surface area contributed by atoms with E-state index in [9.17, 15) is 9.50 Å². The minimum absolute atomic E-state index is 0.00519. The number of hydrogen-bond acceptors (Lipinski definition) is 3. The highest BCUT2D eigenvalue weighted by atomic mass is 19.1. The average Bonchev–Trinajstić information content (AvgIpc) is 2.60. The lowest BCUT2D eigenvalue weighted by atomic mass is 10.0. The van der Waals surface area contributed by atoms with Crippen LogP contribution in [-0.4, -0.2) is 29.3 Å². The van der Waals surface area contributed by atoms with E-state index in [0.29, 0.717) is 11.7 Å². The van der Waals surface area contributed by atoms with Crippen LogP contribution in [0.1, 0.15) is 13.3 Å². The van der Waals surface area contributed by atoms with E-state index in [-0.39, 0.29) is 18.5 Å². The topological polar surface area (TPSA) is 36.4 Å². The average molecular weight is 210 g/mol. The SMILES string of the molecule is C[C@H]1CCN(c2ncccc2F)[C@H]1CO. The van der Waals surface area contributed by atoms with Gasteiger partial charge in [-0.15, -0.1) is 0 Å². The van der Waals surface area contributed by atoms with Crippen molar-refractivity contribution in [3.63, 3.8) is 0 Å². The van der Waals surface area contributed by atoms with Gasteiger partial charge in [-0.05, 0) is 24.5 Å². The normalized spacial score (nSPS) is 25.9. The van der Waals surface area contributed by atoms with Gasteiger partial charge >= 0.3 is 0 Å². The molecule has 0 bridgehead atoms. The molecule has 1 N–H and O–H groups in total. The largest absolute Gasteiger partial charge is 0.394 e. The summed E-state index contributed by atoms with van der Waals surface area (Å²) >= 11 is 0. The van der Waals surface area contributed by atoms with Crippen LogP contribution < -0.4 is 4.90 Å². The Bertz CT molecular complexity index is 345. The smallest absolute Gasteiger partial charge is 0.165 e. The van der Waals surface area contributed by atoms with E-state index in [1.807, 2.05) is 4.90 Å². The number of anilines is 1. The zero-order valence-corrected chi connectivity index (χ0v) is 8.73. The number of pyridine rings is 1. The monoisotopic (exact) mass is 210 g/mol. The molecule has 0 aromatic carbocycles. The Hall–Kier alpha value is -1.16. The Morgan fingerprint density at radius 2 is 2.47 bits per heavy atom. The molecular weight excluding hydrogens is 195 g/mol. The van der Waals surface area contributed by atoms with E-state index in [2.05, 4.69) is 11.9 Å². The lowest BCUT2D eigenvalue weighted by molar-refractivity contribution is 0.244. The summed E-state index contributed by atoms with van der Waals surface area (Å²) in [6.45, 7) is 2.89. The summed E-state index contributed by atoms with van der Waals surface area (Å²) in [4.78, 5) is 5.89. The third-order valence-electron chi connectivity index (χ3n) is 3.08. The molecule has 0 aliphatic carbocycles. The van der Waals surface area contributed by atoms with Crippen LogP contribution in [0.2, 0.25) is 0 Å². The second kappa shape index (κ2) is 4.14. The molecule has 1 aliphatic rings. The summed E-state index contributed by atoms with van der Waals surface area (Å²) in [6.07, 6.45) is 2.55. The molecule has 82 valence electrons. The summed E-state index contributed by atoms with van der Waals surface area (Å²) in [7, 11) is 0. The molecule has 4 heteroatoms. The highest BCUT2D eigenvalue weighted by Gasteiger charge is 2.32. The van der Waals surface area contributed by atoms with Crippen molar-refractivity contribution in [1.29, 1.82) is 0 Å². The number of aliphatic hydroxyl groups is 1. The number of aliphatic hydroxyl groups excluding tert-OH is 1. The van der Waals surface area contributed by atoms with E-state index < -0.39 is 0 Å². The zero-order valence-electron chi connectivity index (χ0n) is 8.73. The number of nitrogens with zero attached hydrogens (tertiary/aromatic N) is 2. The van der Waals surface area contributed by atoms with Gasteiger partial charge in [0.25, 0.3) is 0 Å². The molecule has 3 nitrogen and oxygen atoms in total. The molecule has 1 fully saturated rings. The summed E-state index contributed by atoms with van der Waals surface area (Å²) < 4.78 is 13.5.